The van der Waals surface area contributed by atoms with Crippen molar-refractivity contribution in [1.29, 1.82) is 0 Å². The summed E-state index contributed by atoms with van der Waals surface area (Å²) in [5.41, 5.74) is 4.24. The molecule has 0 radical (unpaired) electrons. The van der Waals surface area contributed by atoms with Gasteiger partial charge in [-0.15, -0.1) is 0 Å². The van der Waals surface area contributed by atoms with Crippen LogP contribution in [0.4, 0.5) is 0 Å². The molecule has 28 heavy (non-hydrogen) atoms. The third-order valence-corrected chi connectivity index (χ3v) is 9.66. The Morgan fingerprint density at radius 3 is 2.61 bits per heavy atom. The predicted octanol–water partition coefficient (Wildman–Crippen LogP) is 7.31. The van der Waals surface area contributed by atoms with Crippen LogP contribution in [-0.4, -0.2) is 11.2 Å². The van der Waals surface area contributed by atoms with Gasteiger partial charge in [0.2, 0.25) is 0 Å². The summed E-state index contributed by atoms with van der Waals surface area (Å²) in [4.78, 5) is 0. The number of hydrogen-bond donors (Lipinski definition) is 1. The van der Waals surface area contributed by atoms with Crippen LogP contribution < -0.4 is 0 Å². The average Bonchev–Trinajstić information content (AvgIpc) is 2.99. The Bertz CT molecular complexity index is 643. The van der Waals surface area contributed by atoms with E-state index in [0.717, 1.165) is 36.5 Å². The van der Waals surface area contributed by atoms with Crippen LogP contribution in [0.2, 0.25) is 0 Å². The molecule has 0 saturated heterocycles. The molecule has 4 aliphatic carbocycles. The van der Waals surface area contributed by atoms with Crippen molar-refractivity contribution in [2.75, 3.05) is 0 Å². The van der Waals surface area contributed by atoms with Gasteiger partial charge < -0.3 is 5.11 Å². The zero-order valence-electron chi connectivity index (χ0n) is 19.1. The van der Waals surface area contributed by atoms with Gasteiger partial charge in [-0.05, 0) is 96.5 Å². The van der Waals surface area contributed by atoms with Gasteiger partial charge in [0.05, 0.1) is 6.10 Å². The van der Waals surface area contributed by atoms with E-state index >= 15 is 0 Å². The van der Waals surface area contributed by atoms with E-state index in [1.54, 1.807) is 11.1 Å². The van der Waals surface area contributed by atoms with Crippen molar-refractivity contribution >= 4 is 0 Å². The summed E-state index contributed by atoms with van der Waals surface area (Å²) < 4.78 is 0. The Kier molecular flexibility index (Phi) is 5.62. The quantitative estimate of drug-likeness (QED) is 0.527. The molecule has 0 spiro atoms. The Balaban J connectivity index is 1.54. The van der Waals surface area contributed by atoms with Crippen LogP contribution >= 0.6 is 0 Å². The molecule has 4 rings (SSSR count). The first-order valence-corrected chi connectivity index (χ1v) is 12.3. The van der Waals surface area contributed by atoms with Crippen molar-refractivity contribution in [2.45, 2.75) is 105 Å². The van der Waals surface area contributed by atoms with E-state index in [1.165, 1.54) is 51.4 Å². The van der Waals surface area contributed by atoms with Crippen LogP contribution in [0.5, 0.6) is 0 Å². The molecule has 0 heterocycles. The minimum atomic E-state index is -0.0648. The predicted molar refractivity (Wildman–Crippen MR) is 119 cm³/mol. The van der Waals surface area contributed by atoms with Crippen LogP contribution in [0.3, 0.4) is 0 Å². The molecule has 0 bridgehead atoms. The number of rotatable bonds is 5. The lowest BCUT2D eigenvalue weighted by atomic mass is 9.51. The lowest BCUT2D eigenvalue weighted by Crippen LogP contribution is -2.44. The largest absolute Gasteiger partial charge is 0.393 e. The molecule has 0 amide bonds. The molecule has 0 aromatic rings. The molecule has 7 atom stereocenters. The minimum absolute atomic E-state index is 0.0648. The fraction of sp³-hybridized carbons (Fsp3) is 0.852. The molecule has 0 aromatic carbocycles. The van der Waals surface area contributed by atoms with Crippen LogP contribution in [0.15, 0.2) is 23.3 Å². The number of aliphatic hydroxyl groups is 1. The molecule has 2 saturated carbocycles. The van der Waals surface area contributed by atoms with Gasteiger partial charge >= 0.3 is 0 Å². The third kappa shape index (κ3) is 3.34. The second-order valence-corrected chi connectivity index (χ2v) is 11.8. The lowest BCUT2D eigenvalue weighted by Gasteiger charge is -2.53. The molecular formula is C27H44O. The van der Waals surface area contributed by atoms with E-state index < -0.39 is 0 Å². The zero-order valence-corrected chi connectivity index (χ0v) is 19.1. The minimum Gasteiger partial charge on any atom is -0.393 e. The van der Waals surface area contributed by atoms with E-state index in [0.29, 0.717) is 16.7 Å². The van der Waals surface area contributed by atoms with Gasteiger partial charge in [-0.2, -0.15) is 0 Å². The number of hydrogen-bond acceptors (Lipinski definition) is 1. The zero-order chi connectivity index (χ0) is 20.1. The van der Waals surface area contributed by atoms with Gasteiger partial charge in [-0.1, -0.05) is 66.0 Å². The Morgan fingerprint density at radius 1 is 1.07 bits per heavy atom. The SMILES string of the molecule is CC(C)CCC[C@@H](C)[C@H]1CC[C@H]2C3=CC[C@@H]4C[C@@H](O)CC[C@]4(C)C3=CC[C@]12C. The summed E-state index contributed by atoms with van der Waals surface area (Å²) >= 11 is 0. The molecule has 0 aliphatic heterocycles. The highest BCUT2D eigenvalue weighted by atomic mass is 16.3. The second kappa shape index (κ2) is 7.60. The second-order valence-electron chi connectivity index (χ2n) is 11.8. The Labute approximate surface area is 174 Å². The van der Waals surface area contributed by atoms with E-state index in [1.807, 2.05) is 0 Å². The van der Waals surface area contributed by atoms with Crippen molar-refractivity contribution in [1.82, 2.24) is 0 Å². The maximum Gasteiger partial charge on any atom is 0.0543 e. The summed E-state index contributed by atoms with van der Waals surface area (Å²) in [6.45, 7) is 12.4. The van der Waals surface area contributed by atoms with Gasteiger partial charge in [0, 0.05) is 0 Å². The molecule has 1 N–H and O–H groups in total. The smallest absolute Gasteiger partial charge is 0.0543 e. The summed E-state index contributed by atoms with van der Waals surface area (Å²) in [7, 11) is 0. The first-order chi connectivity index (χ1) is 13.3. The van der Waals surface area contributed by atoms with Crippen LogP contribution in [-0.2, 0) is 0 Å². The summed E-state index contributed by atoms with van der Waals surface area (Å²) in [6.07, 6.45) is 17.9. The summed E-state index contributed by atoms with van der Waals surface area (Å²) in [6, 6.07) is 0. The van der Waals surface area contributed by atoms with Gasteiger partial charge in [0.15, 0.2) is 0 Å². The molecule has 2 fully saturated rings. The summed E-state index contributed by atoms with van der Waals surface area (Å²) in [5, 5.41) is 10.2. The molecule has 0 aromatic heterocycles. The van der Waals surface area contributed by atoms with Crippen molar-refractivity contribution in [2.24, 2.45) is 40.4 Å². The average molecular weight is 385 g/mol. The fourth-order valence-electron chi connectivity index (χ4n) is 7.85. The van der Waals surface area contributed by atoms with Crippen LogP contribution in [0.25, 0.3) is 0 Å². The van der Waals surface area contributed by atoms with E-state index in [-0.39, 0.29) is 6.10 Å². The first kappa shape index (κ1) is 20.7. The number of fused-ring (bicyclic) bond motifs is 5. The molecule has 1 nitrogen and oxygen atoms in total. The standard InChI is InChI=1S/C27H44O/c1-18(2)7-6-8-19(3)23-11-12-24-22-10-9-20-17-21(28)13-15-26(20,4)25(22)14-16-27(23,24)5/h10,14,18-21,23-24,28H,6-9,11-13,15-17H2,1-5H3/t19-,20-,21+,23-,24+,26+,27-/m1/s1. The molecular weight excluding hydrogens is 340 g/mol. The first-order valence-electron chi connectivity index (χ1n) is 12.3. The molecule has 0 unspecified atom stereocenters. The van der Waals surface area contributed by atoms with Gasteiger partial charge in [0.25, 0.3) is 0 Å². The summed E-state index contributed by atoms with van der Waals surface area (Å²) in [5.74, 6) is 4.04. The fourth-order valence-corrected chi connectivity index (χ4v) is 7.85. The lowest BCUT2D eigenvalue weighted by molar-refractivity contribution is 0.0309. The monoisotopic (exact) mass is 384 g/mol. The van der Waals surface area contributed by atoms with Crippen LogP contribution in [0.1, 0.15) is 98.8 Å². The molecule has 4 aliphatic rings. The van der Waals surface area contributed by atoms with Crippen molar-refractivity contribution in [3.63, 3.8) is 0 Å². The van der Waals surface area contributed by atoms with Gasteiger partial charge in [0.1, 0.15) is 0 Å². The maximum atomic E-state index is 10.2. The number of aliphatic hydroxyl groups excluding tert-OH is 1. The van der Waals surface area contributed by atoms with Crippen molar-refractivity contribution in [3.05, 3.63) is 23.3 Å². The molecule has 158 valence electrons. The normalized spacial score (nSPS) is 43.7. The highest BCUT2D eigenvalue weighted by Crippen LogP contribution is 2.64. The van der Waals surface area contributed by atoms with Crippen LogP contribution in [0, 0.1) is 40.4 Å². The maximum absolute atomic E-state index is 10.2. The van der Waals surface area contributed by atoms with E-state index in [4.69, 9.17) is 0 Å². The van der Waals surface area contributed by atoms with Gasteiger partial charge in [-0.3, -0.25) is 0 Å². The van der Waals surface area contributed by atoms with Crippen molar-refractivity contribution < 1.29 is 5.11 Å². The number of allylic oxidation sites excluding steroid dienone is 4. The van der Waals surface area contributed by atoms with E-state index in [2.05, 4.69) is 46.8 Å². The third-order valence-electron chi connectivity index (χ3n) is 9.66. The van der Waals surface area contributed by atoms with Gasteiger partial charge in [-0.25, -0.2) is 0 Å². The topological polar surface area (TPSA) is 20.2 Å². The highest BCUT2D eigenvalue weighted by Gasteiger charge is 2.55. The van der Waals surface area contributed by atoms with E-state index in [9.17, 15) is 5.11 Å². The Hall–Kier alpha value is -0.560. The highest BCUT2D eigenvalue weighted by molar-refractivity contribution is 5.46. The Morgan fingerprint density at radius 2 is 1.86 bits per heavy atom. The van der Waals surface area contributed by atoms with Crippen molar-refractivity contribution in [3.8, 4) is 0 Å². The molecule has 1 heteroatoms.